The lowest BCUT2D eigenvalue weighted by molar-refractivity contribution is 0.00106. The summed E-state index contributed by atoms with van der Waals surface area (Å²) in [5.41, 5.74) is 2.27. The van der Waals surface area contributed by atoms with Gasteiger partial charge in [0.1, 0.15) is 17.3 Å². The van der Waals surface area contributed by atoms with Crippen LogP contribution >= 0.6 is 0 Å². The van der Waals surface area contributed by atoms with E-state index in [9.17, 15) is 4.39 Å². The Morgan fingerprint density at radius 1 is 1.29 bits per heavy atom. The maximum absolute atomic E-state index is 13.4. The van der Waals surface area contributed by atoms with E-state index in [0.717, 1.165) is 11.5 Å². The van der Waals surface area contributed by atoms with Crippen molar-refractivity contribution < 1.29 is 13.5 Å². The van der Waals surface area contributed by atoms with Crippen LogP contribution in [0.5, 0.6) is 0 Å². The van der Waals surface area contributed by atoms with Gasteiger partial charge in [0.15, 0.2) is 0 Å². The molecular formula is C17H17FN4O2. The van der Waals surface area contributed by atoms with Gasteiger partial charge in [0, 0.05) is 12.1 Å². The molecule has 1 aliphatic heterocycles. The fourth-order valence-corrected chi connectivity index (χ4v) is 2.82. The van der Waals surface area contributed by atoms with Gasteiger partial charge < -0.3 is 14.5 Å². The summed E-state index contributed by atoms with van der Waals surface area (Å²) in [5, 5.41) is 11.7. The third-order valence-corrected chi connectivity index (χ3v) is 4.02. The van der Waals surface area contributed by atoms with Crippen molar-refractivity contribution in [3.8, 4) is 11.3 Å². The van der Waals surface area contributed by atoms with Crippen LogP contribution in [0.3, 0.4) is 0 Å². The first-order valence-electron chi connectivity index (χ1n) is 7.82. The summed E-state index contributed by atoms with van der Waals surface area (Å²) in [6.45, 7) is 2.37. The molecule has 1 aromatic carbocycles. The summed E-state index contributed by atoms with van der Waals surface area (Å²) >= 11 is 0. The lowest BCUT2D eigenvalue weighted by Gasteiger charge is -2.24. The largest absolute Gasteiger partial charge is 0.468 e. The molecule has 24 heavy (non-hydrogen) atoms. The van der Waals surface area contributed by atoms with Crippen molar-refractivity contribution in [3.05, 3.63) is 59.9 Å². The van der Waals surface area contributed by atoms with Gasteiger partial charge in [-0.15, -0.1) is 5.10 Å². The first-order chi connectivity index (χ1) is 11.8. The van der Waals surface area contributed by atoms with E-state index in [-0.39, 0.29) is 11.9 Å². The van der Waals surface area contributed by atoms with Crippen LogP contribution in [0.15, 0.2) is 47.1 Å². The van der Waals surface area contributed by atoms with E-state index < -0.39 is 0 Å². The van der Waals surface area contributed by atoms with E-state index in [0.29, 0.717) is 37.5 Å². The number of furan rings is 1. The summed E-state index contributed by atoms with van der Waals surface area (Å²) in [6, 6.07) is 10.2. The molecule has 0 saturated heterocycles. The molecule has 0 amide bonds. The number of rotatable bonds is 5. The van der Waals surface area contributed by atoms with E-state index >= 15 is 0 Å². The lowest BCUT2D eigenvalue weighted by atomic mass is 10.1. The monoisotopic (exact) mass is 328 g/mol. The van der Waals surface area contributed by atoms with Crippen molar-refractivity contribution in [2.24, 2.45) is 0 Å². The van der Waals surface area contributed by atoms with Crippen molar-refractivity contribution in [1.29, 1.82) is 0 Å². The Morgan fingerprint density at radius 2 is 2.25 bits per heavy atom. The van der Waals surface area contributed by atoms with Gasteiger partial charge >= 0.3 is 0 Å². The van der Waals surface area contributed by atoms with Crippen LogP contribution in [0.4, 0.5) is 4.39 Å². The number of hydrogen-bond donors (Lipinski definition) is 1. The molecule has 0 fully saturated rings. The summed E-state index contributed by atoms with van der Waals surface area (Å²) < 4.78 is 26.4. The highest BCUT2D eigenvalue weighted by molar-refractivity contribution is 5.61. The van der Waals surface area contributed by atoms with Gasteiger partial charge in [-0.2, -0.15) is 0 Å². The molecule has 0 bridgehead atoms. The number of nitrogens with zero attached hydrogens (tertiary/aromatic N) is 3. The second-order valence-corrected chi connectivity index (χ2v) is 5.72. The van der Waals surface area contributed by atoms with Crippen LogP contribution < -0.4 is 5.32 Å². The number of ether oxygens (including phenoxy) is 1. The van der Waals surface area contributed by atoms with E-state index in [1.54, 1.807) is 12.3 Å². The zero-order chi connectivity index (χ0) is 16.4. The quantitative estimate of drug-likeness (QED) is 0.779. The Labute approximate surface area is 138 Å². The Kier molecular flexibility index (Phi) is 4.10. The molecule has 7 heteroatoms. The third-order valence-electron chi connectivity index (χ3n) is 4.02. The minimum Gasteiger partial charge on any atom is -0.468 e. The smallest absolute Gasteiger partial charge is 0.123 e. The predicted molar refractivity (Wildman–Crippen MR) is 84.4 cm³/mol. The third kappa shape index (κ3) is 3.08. The molecule has 0 spiro atoms. The molecule has 0 saturated carbocycles. The lowest BCUT2D eigenvalue weighted by Crippen LogP contribution is -2.36. The van der Waals surface area contributed by atoms with Gasteiger partial charge in [-0.25, -0.2) is 9.07 Å². The van der Waals surface area contributed by atoms with E-state index in [4.69, 9.17) is 9.15 Å². The van der Waals surface area contributed by atoms with Crippen molar-refractivity contribution in [2.75, 3.05) is 6.54 Å². The van der Waals surface area contributed by atoms with Crippen LogP contribution in [-0.4, -0.2) is 27.6 Å². The van der Waals surface area contributed by atoms with Crippen LogP contribution in [0.2, 0.25) is 0 Å². The molecule has 2 aromatic heterocycles. The molecule has 4 rings (SSSR count). The zero-order valence-electron chi connectivity index (χ0n) is 13.0. The molecule has 0 radical (unpaired) electrons. The molecule has 1 aliphatic rings. The predicted octanol–water partition coefficient (Wildman–Crippen LogP) is 2.37. The molecule has 0 aliphatic carbocycles. The fourth-order valence-electron chi connectivity index (χ4n) is 2.82. The normalized spacial score (nSPS) is 17.0. The molecule has 3 aromatic rings. The minimum atomic E-state index is -0.286. The number of nitrogens with one attached hydrogen (secondary N) is 1. The SMILES string of the molecule is Fc1cccc(-c2nnn3c2COC(CNCc2ccco2)C3)c1. The van der Waals surface area contributed by atoms with Crippen molar-refractivity contribution >= 4 is 0 Å². The number of aromatic nitrogens is 3. The average Bonchev–Trinajstić information content (AvgIpc) is 3.24. The molecular weight excluding hydrogens is 311 g/mol. The van der Waals surface area contributed by atoms with E-state index in [2.05, 4.69) is 15.6 Å². The summed E-state index contributed by atoms with van der Waals surface area (Å²) in [6.07, 6.45) is 1.67. The standard InChI is InChI=1S/C17H17FN4O2/c18-13-4-1-3-12(7-13)17-16-11-24-15(10-22(16)21-20-17)9-19-8-14-5-2-6-23-14/h1-7,15,19H,8-11H2. The average molecular weight is 328 g/mol. The highest BCUT2D eigenvalue weighted by Gasteiger charge is 2.24. The topological polar surface area (TPSA) is 65.1 Å². The Hall–Kier alpha value is -2.51. The maximum Gasteiger partial charge on any atom is 0.123 e. The van der Waals surface area contributed by atoms with Crippen molar-refractivity contribution in [1.82, 2.24) is 20.3 Å². The highest BCUT2D eigenvalue weighted by atomic mass is 19.1. The van der Waals surface area contributed by atoms with Gasteiger partial charge in [-0.1, -0.05) is 17.3 Å². The van der Waals surface area contributed by atoms with Gasteiger partial charge in [0.25, 0.3) is 0 Å². The van der Waals surface area contributed by atoms with Crippen LogP contribution in [0.1, 0.15) is 11.5 Å². The number of hydrogen-bond acceptors (Lipinski definition) is 5. The Morgan fingerprint density at radius 3 is 3.08 bits per heavy atom. The molecule has 3 heterocycles. The first kappa shape index (κ1) is 15.0. The maximum atomic E-state index is 13.4. The fraction of sp³-hybridized carbons (Fsp3) is 0.294. The highest BCUT2D eigenvalue weighted by Crippen LogP contribution is 2.25. The zero-order valence-corrected chi connectivity index (χ0v) is 13.0. The number of halogens is 1. The van der Waals surface area contributed by atoms with Crippen molar-refractivity contribution in [2.45, 2.75) is 25.8 Å². The molecule has 6 nitrogen and oxygen atoms in total. The molecule has 1 N–H and O–H groups in total. The second kappa shape index (κ2) is 6.54. The van der Waals surface area contributed by atoms with Gasteiger partial charge in [0.2, 0.25) is 0 Å². The number of fused-ring (bicyclic) bond motifs is 1. The summed E-state index contributed by atoms with van der Waals surface area (Å²) in [5.74, 6) is 0.603. The Bertz CT molecular complexity index is 816. The summed E-state index contributed by atoms with van der Waals surface area (Å²) in [7, 11) is 0. The van der Waals surface area contributed by atoms with Gasteiger partial charge in [-0.05, 0) is 24.3 Å². The Balaban J connectivity index is 1.41. The van der Waals surface area contributed by atoms with Gasteiger partial charge in [0.05, 0.1) is 37.8 Å². The molecule has 124 valence electrons. The van der Waals surface area contributed by atoms with E-state index in [1.807, 2.05) is 22.9 Å². The number of benzene rings is 1. The van der Waals surface area contributed by atoms with Crippen LogP contribution in [0, 0.1) is 5.82 Å². The first-order valence-corrected chi connectivity index (χ1v) is 7.82. The molecule has 1 atom stereocenters. The summed E-state index contributed by atoms with van der Waals surface area (Å²) in [4.78, 5) is 0. The minimum absolute atomic E-state index is 0.00882. The second-order valence-electron chi connectivity index (χ2n) is 5.72. The van der Waals surface area contributed by atoms with E-state index in [1.165, 1.54) is 12.1 Å². The molecule has 1 unspecified atom stereocenters. The van der Waals surface area contributed by atoms with Crippen LogP contribution in [-0.2, 0) is 24.4 Å². The van der Waals surface area contributed by atoms with Gasteiger partial charge in [-0.3, -0.25) is 0 Å². The van der Waals surface area contributed by atoms with Crippen molar-refractivity contribution in [3.63, 3.8) is 0 Å². The van der Waals surface area contributed by atoms with Crippen LogP contribution in [0.25, 0.3) is 11.3 Å².